The Morgan fingerprint density at radius 1 is 1.04 bits per heavy atom. The molecular weight excluding hydrogens is 405 g/mol. The van der Waals surface area contributed by atoms with Gasteiger partial charge in [-0.15, -0.1) is 0 Å². The minimum atomic E-state index is -1.36. The number of rotatable bonds is 7. The Morgan fingerprint density at radius 3 is 2.25 bits per heavy atom. The maximum absolute atomic E-state index is 12.6. The molecule has 148 valence electrons. The van der Waals surface area contributed by atoms with E-state index in [1.54, 1.807) is 18.2 Å². The summed E-state index contributed by atoms with van der Waals surface area (Å²) in [6.45, 7) is 3.13. The van der Waals surface area contributed by atoms with Crippen LogP contribution in [0.1, 0.15) is 12.5 Å². The number of carbonyl (C=O) groups is 2. The van der Waals surface area contributed by atoms with Crippen LogP contribution in [-0.4, -0.2) is 32.0 Å². The monoisotopic (exact) mass is 423 g/mol. The zero-order valence-electron chi connectivity index (χ0n) is 15.7. The first kappa shape index (κ1) is 21.7. The van der Waals surface area contributed by atoms with Gasteiger partial charge in [0, 0.05) is 12.1 Å². The molecule has 0 saturated heterocycles. The van der Waals surface area contributed by atoms with E-state index < -0.39 is 17.7 Å². The number of carbonyl (C=O) groups excluding carboxylic acids is 2. The van der Waals surface area contributed by atoms with Gasteiger partial charge >= 0.3 is 0 Å². The molecule has 0 fully saturated rings. The third-order valence-corrected chi connectivity index (χ3v) is 4.36. The second-order valence-electron chi connectivity index (χ2n) is 5.86. The smallest absolute Gasteiger partial charge is 0.258 e. The second-order valence-corrected chi connectivity index (χ2v) is 6.67. The Hall–Kier alpha value is -2.64. The molecule has 1 amide bonds. The fourth-order valence-corrected chi connectivity index (χ4v) is 2.76. The van der Waals surface area contributed by atoms with Crippen LogP contribution in [0.5, 0.6) is 11.5 Å². The van der Waals surface area contributed by atoms with Crippen molar-refractivity contribution in [2.45, 2.75) is 19.9 Å². The Bertz CT molecular complexity index is 932. The van der Waals surface area contributed by atoms with Crippen LogP contribution in [0.3, 0.4) is 0 Å². The quantitative estimate of drug-likeness (QED) is 0.501. The first-order valence-corrected chi connectivity index (χ1v) is 8.92. The van der Waals surface area contributed by atoms with Gasteiger partial charge < -0.3 is 14.8 Å². The highest BCUT2D eigenvalue weighted by Crippen LogP contribution is 2.36. The molecule has 0 heterocycles. The summed E-state index contributed by atoms with van der Waals surface area (Å²) in [5, 5.41) is 11.0. The summed E-state index contributed by atoms with van der Waals surface area (Å²) in [5.41, 5.74) is 1.56. The summed E-state index contributed by atoms with van der Waals surface area (Å²) in [6, 6.07) is 6.79. The Morgan fingerprint density at radius 2 is 1.68 bits per heavy atom. The lowest BCUT2D eigenvalue weighted by Crippen LogP contribution is -2.31. The lowest BCUT2D eigenvalue weighted by Gasteiger charge is -2.14. The van der Waals surface area contributed by atoms with E-state index in [9.17, 15) is 9.59 Å². The summed E-state index contributed by atoms with van der Waals surface area (Å²) in [5.74, 6) is -0.397. The molecule has 0 aliphatic carbocycles. The van der Waals surface area contributed by atoms with E-state index >= 15 is 0 Å². The molecule has 0 aliphatic heterocycles. The number of ether oxygens (including phenoxy) is 2. The van der Waals surface area contributed by atoms with Gasteiger partial charge in [-0.1, -0.05) is 29.3 Å². The van der Waals surface area contributed by atoms with Crippen LogP contribution in [0.25, 0.3) is 0 Å². The SMILES string of the molecule is COc1cc(Cl)c(NC(=O)C(N=Nc2ccc(C)cc2Cl)C(C)=O)cc1OC. The van der Waals surface area contributed by atoms with Crippen molar-refractivity contribution in [3.05, 3.63) is 45.9 Å². The zero-order chi connectivity index (χ0) is 20.8. The van der Waals surface area contributed by atoms with Gasteiger partial charge in [0.1, 0.15) is 5.69 Å². The number of amides is 1. The minimum Gasteiger partial charge on any atom is -0.493 e. The van der Waals surface area contributed by atoms with Crippen molar-refractivity contribution in [3.8, 4) is 11.5 Å². The van der Waals surface area contributed by atoms with Gasteiger partial charge in [-0.2, -0.15) is 10.2 Å². The number of nitrogens with zero attached hydrogens (tertiary/aromatic N) is 2. The molecule has 2 aromatic rings. The van der Waals surface area contributed by atoms with Gasteiger partial charge in [-0.25, -0.2) is 0 Å². The van der Waals surface area contributed by atoms with Crippen molar-refractivity contribution in [3.63, 3.8) is 0 Å². The van der Waals surface area contributed by atoms with Crippen molar-refractivity contribution in [1.29, 1.82) is 0 Å². The minimum absolute atomic E-state index is 0.215. The maximum atomic E-state index is 12.6. The van der Waals surface area contributed by atoms with Crippen LogP contribution in [0.15, 0.2) is 40.6 Å². The fraction of sp³-hybridized carbons (Fsp3) is 0.263. The van der Waals surface area contributed by atoms with Crippen molar-refractivity contribution in [2.24, 2.45) is 10.2 Å². The number of methoxy groups -OCH3 is 2. The molecule has 7 nitrogen and oxygen atoms in total. The van der Waals surface area contributed by atoms with Crippen molar-refractivity contribution < 1.29 is 19.1 Å². The van der Waals surface area contributed by atoms with Gasteiger partial charge in [0.05, 0.1) is 30.0 Å². The van der Waals surface area contributed by atoms with Crippen molar-refractivity contribution in [2.75, 3.05) is 19.5 Å². The standard InChI is InChI=1S/C19H19Cl2N3O4/c1-10-5-6-14(12(20)7-10)23-24-18(11(2)25)19(26)22-15-9-17(28-4)16(27-3)8-13(15)21/h5-9,18H,1-4H3,(H,22,26). The maximum Gasteiger partial charge on any atom is 0.258 e. The van der Waals surface area contributed by atoms with E-state index in [4.69, 9.17) is 32.7 Å². The molecule has 1 atom stereocenters. The van der Waals surface area contributed by atoms with Gasteiger partial charge in [-0.3, -0.25) is 9.59 Å². The molecule has 0 spiro atoms. The van der Waals surface area contributed by atoms with Crippen molar-refractivity contribution in [1.82, 2.24) is 0 Å². The number of halogens is 2. The first-order valence-electron chi connectivity index (χ1n) is 8.16. The number of nitrogens with one attached hydrogen (secondary N) is 1. The second kappa shape index (κ2) is 9.52. The van der Waals surface area contributed by atoms with E-state index in [0.29, 0.717) is 22.2 Å². The van der Waals surface area contributed by atoms with Gasteiger partial charge in [0.2, 0.25) is 6.04 Å². The number of anilines is 1. The molecule has 2 aromatic carbocycles. The lowest BCUT2D eigenvalue weighted by atomic mass is 10.2. The number of benzene rings is 2. The summed E-state index contributed by atoms with van der Waals surface area (Å²) >= 11 is 12.3. The van der Waals surface area contributed by atoms with Crippen LogP contribution in [0.4, 0.5) is 11.4 Å². The Balaban J connectivity index is 2.26. The zero-order valence-corrected chi connectivity index (χ0v) is 17.3. The topological polar surface area (TPSA) is 89.4 Å². The largest absolute Gasteiger partial charge is 0.493 e. The predicted octanol–water partition coefficient (Wildman–Crippen LogP) is 5.00. The molecule has 0 bridgehead atoms. The number of azo groups is 1. The average molecular weight is 424 g/mol. The summed E-state index contributed by atoms with van der Waals surface area (Å²) < 4.78 is 10.3. The molecule has 0 aliphatic rings. The number of ketones is 1. The van der Waals surface area contributed by atoms with E-state index in [1.807, 2.05) is 6.92 Å². The molecule has 0 saturated carbocycles. The van der Waals surface area contributed by atoms with E-state index in [0.717, 1.165) is 5.56 Å². The molecule has 2 rings (SSSR count). The fourth-order valence-electron chi connectivity index (χ4n) is 2.28. The molecule has 1 N–H and O–H groups in total. The molecule has 0 aromatic heterocycles. The summed E-state index contributed by atoms with van der Waals surface area (Å²) in [7, 11) is 2.92. The Labute approximate surface area is 172 Å². The summed E-state index contributed by atoms with van der Waals surface area (Å²) in [4.78, 5) is 24.5. The highest BCUT2D eigenvalue weighted by atomic mass is 35.5. The Kier molecular flexibility index (Phi) is 7.37. The highest BCUT2D eigenvalue weighted by Gasteiger charge is 2.24. The lowest BCUT2D eigenvalue weighted by molar-refractivity contribution is -0.126. The molecule has 9 heteroatoms. The predicted molar refractivity (Wildman–Crippen MR) is 108 cm³/mol. The molecular formula is C19H19Cl2N3O4. The number of hydrogen-bond acceptors (Lipinski definition) is 6. The van der Waals surface area contributed by atoms with Crippen molar-refractivity contribution >= 4 is 46.3 Å². The third kappa shape index (κ3) is 5.21. The third-order valence-electron chi connectivity index (χ3n) is 3.75. The van der Waals surface area contributed by atoms with Gasteiger partial charge in [0.25, 0.3) is 5.91 Å². The van der Waals surface area contributed by atoms with E-state index in [2.05, 4.69) is 15.5 Å². The van der Waals surface area contributed by atoms with Gasteiger partial charge in [0.15, 0.2) is 17.3 Å². The van der Waals surface area contributed by atoms with E-state index in [1.165, 1.54) is 33.3 Å². The first-order chi connectivity index (χ1) is 13.3. The summed E-state index contributed by atoms with van der Waals surface area (Å²) in [6.07, 6.45) is 0. The number of Topliss-reactive ketones (excluding diaryl/α,β-unsaturated/α-hetero) is 1. The number of aryl methyl sites for hydroxylation is 1. The van der Waals surface area contributed by atoms with Crippen LogP contribution in [0, 0.1) is 6.92 Å². The van der Waals surface area contributed by atoms with E-state index in [-0.39, 0.29) is 10.7 Å². The number of hydrogen-bond donors (Lipinski definition) is 1. The van der Waals surface area contributed by atoms with Crippen LogP contribution in [0.2, 0.25) is 10.0 Å². The van der Waals surface area contributed by atoms with Crippen LogP contribution >= 0.6 is 23.2 Å². The highest BCUT2D eigenvalue weighted by molar-refractivity contribution is 6.34. The van der Waals surface area contributed by atoms with Crippen LogP contribution < -0.4 is 14.8 Å². The molecule has 28 heavy (non-hydrogen) atoms. The molecule has 1 unspecified atom stereocenters. The van der Waals surface area contributed by atoms with Crippen LogP contribution in [-0.2, 0) is 9.59 Å². The normalized spacial score (nSPS) is 11.9. The molecule has 0 radical (unpaired) electrons. The van der Waals surface area contributed by atoms with Gasteiger partial charge in [-0.05, 0) is 31.5 Å². The average Bonchev–Trinajstić information content (AvgIpc) is 2.64.